The third kappa shape index (κ3) is 5.61. The van der Waals surface area contributed by atoms with E-state index in [1.165, 1.54) is 0 Å². The Labute approximate surface area is 156 Å². The smallest absolute Gasteiger partial charge is 0.321 e. The lowest BCUT2D eigenvalue weighted by Crippen LogP contribution is -2.57. The van der Waals surface area contributed by atoms with Crippen LogP contribution in [0.5, 0.6) is 0 Å². The molecule has 0 spiro atoms. The minimum absolute atomic E-state index is 0. The molecule has 1 heterocycles. The summed E-state index contributed by atoms with van der Waals surface area (Å²) in [5, 5.41) is 2.90. The van der Waals surface area contributed by atoms with Crippen LogP contribution >= 0.6 is 12.4 Å². The number of nitrogens with one attached hydrogen (secondary N) is 1. The summed E-state index contributed by atoms with van der Waals surface area (Å²) in [6, 6.07) is 7.04. The molecular formula is C18H29ClN4O2. The molecule has 0 aliphatic carbocycles. The van der Waals surface area contributed by atoms with Crippen molar-refractivity contribution in [1.29, 1.82) is 0 Å². The predicted molar refractivity (Wildman–Crippen MR) is 103 cm³/mol. The van der Waals surface area contributed by atoms with E-state index in [0.717, 1.165) is 11.3 Å². The molecule has 1 fully saturated rings. The SMILES string of the molecule is Cc1cccc(NC(=O)N2CCN(C(=O)[C@@H](N)C(C)(C)C)CC2)c1.Cl. The fraction of sp³-hybridized carbons (Fsp3) is 0.556. The number of nitrogens with zero attached hydrogens (tertiary/aromatic N) is 2. The lowest BCUT2D eigenvalue weighted by atomic mass is 9.86. The molecule has 2 rings (SSSR count). The number of amides is 3. The van der Waals surface area contributed by atoms with Crippen molar-refractivity contribution in [3.05, 3.63) is 29.8 Å². The van der Waals surface area contributed by atoms with Crippen molar-refractivity contribution in [2.45, 2.75) is 33.7 Å². The lowest BCUT2D eigenvalue weighted by Gasteiger charge is -2.38. The van der Waals surface area contributed by atoms with Crippen LogP contribution in [0.1, 0.15) is 26.3 Å². The number of piperazine rings is 1. The first-order valence-corrected chi connectivity index (χ1v) is 8.35. The lowest BCUT2D eigenvalue weighted by molar-refractivity contribution is -0.136. The number of nitrogens with two attached hydrogens (primary N) is 1. The molecular weight excluding hydrogens is 340 g/mol. The molecule has 0 saturated carbocycles. The van der Waals surface area contributed by atoms with E-state index in [1.54, 1.807) is 9.80 Å². The second kappa shape index (κ2) is 8.54. The van der Waals surface area contributed by atoms with Crippen LogP contribution in [0, 0.1) is 12.3 Å². The molecule has 0 unspecified atom stereocenters. The van der Waals surface area contributed by atoms with Gasteiger partial charge in [-0.05, 0) is 30.0 Å². The third-order valence-electron chi connectivity index (χ3n) is 4.35. The molecule has 140 valence electrons. The van der Waals surface area contributed by atoms with Gasteiger partial charge in [-0.2, -0.15) is 0 Å². The van der Waals surface area contributed by atoms with E-state index in [9.17, 15) is 9.59 Å². The number of halogens is 1. The zero-order valence-electron chi connectivity index (χ0n) is 15.4. The number of carbonyl (C=O) groups excluding carboxylic acids is 2. The van der Waals surface area contributed by atoms with E-state index >= 15 is 0 Å². The maximum Gasteiger partial charge on any atom is 0.321 e. The molecule has 6 nitrogen and oxygen atoms in total. The van der Waals surface area contributed by atoms with Gasteiger partial charge in [-0.3, -0.25) is 4.79 Å². The molecule has 0 radical (unpaired) electrons. The Bertz CT molecular complexity index is 607. The minimum Gasteiger partial charge on any atom is -0.338 e. The highest BCUT2D eigenvalue weighted by atomic mass is 35.5. The fourth-order valence-corrected chi connectivity index (χ4v) is 2.62. The van der Waals surface area contributed by atoms with Crippen LogP contribution in [0.15, 0.2) is 24.3 Å². The van der Waals surface area contributed by atoms with Gasteiger partial charge in [0.25, 0.3) is 0 Å². The van der Waals surface area contributed by atoms with E-state index in [0.29, 0.717) is 26.2 Å². The van der Waals surface area contributed by atoms with Crippen LogP contribution in [-0.2, 0) is 4.79 Å². The summed E-state index contributed by atoms with van der Waals surface area (Å²) in [7, 11) is 0. The van der Waals surface area contributed by atoms with Gasteiger partial charge in [-0.25, -0.2) is 4.79 Å². The Morgan fingerprint density at radius 1 is 1.12 bits per heavy atom. The Morgan fingerprint density at radius 3 is 2.20 bits per heavy atom. The number of hydrogen-bond donors (Lipinski definition) is 2. The number of carbonyl (C=O) groups is 2. The summed E-state index contributed by atoms with van der Waals surface area (Å²) in [6.07, 6.45) is 0. The van der Waals surface area contributed by atoms with Crippen molar-refractivity contribution >= 4 is 30.0 Å². The van der Waals surface area contributed by atoms with Crippen molar-refractivity contribution in [3.8, 4) is 0 Å². The van der Waals surface area contributed by atoms with Gasteiger partial charge < -0.3 is 20.9 Å². The summed E-state index contributed by atoms with van der Waals surface area (Å²) in [4.78, 5) is 28.3. The first-order valence-electron chi connectivity index (χ1n) is 8.35. The molecule has 1 aromatic carbocycles. The highest BCUT2D eigenvalue weighted by molar-refractivity contribution is 5.89. The highest BCUT2D eigenvalue weighted by Crippen LogP contribution is 2.20. The van der Waals surface area contributed by atoms with Crippen molar-refractivity contribution in [1.82, 2.24) is 9.80 Å². The van der Waals surface area contributed by atoms with Crippen molar-refractivity contribution < 1.29 is 9.59 Å². The first-order chi connectivity index (χ1) is 11.2. The van der Waals surface area contributed by atoms with Gasteiger partial charge in [0.1, 0.15) is 0 Å². The maximum absolute atomic E-state index is 12.4. The van der Waals surface area contributed by atoms with Crippen LogP contribution in [0.3, 0.4) is 0 Å². The van der Waals surface area contributed by atoms with Crippen LogP contribution in [0.4, 0.5) is 10.5 Å². The largest absolute Gasteiger partial charge is 0.338 e. The Kier molecular flexibility index (Phi) is 7.26. The molecule has 7 heteroatoms. The molecule has 1 aliphatic heterocycles. The molecule has 1 atom stereocenters. The molecule has 25 heavy (non-hydrogen) atoms. The monoisotopic (exact) mass is 368 g/mol. The number of anilines is 1. The molecule has 1 saturated heterocycles. The zero-order valence-corrected chi connectivity index (χ0v) is 16.2. The summed E-state index contributed by atoms with van der Waals surface area (Å²) in [5.41, 5.74) is 7.67. The fourth-order valence-electron chi connectivity index (χ4n) is 2.62. The summed E-state index contributed by atoms with van der Waals surface area (Å²) in [5.74, 6) is -0.0405. The van der Waals surface area contributed by atoms with Crippen LogP contribution in [-0.4, -0.2) is 54.0 Å². The average molecular weight is 369 g/mol. The van der Waals surface area contributed by atoms with E-state index < -0.39 is 6.04 Å². The van der Waals surface area contributed by atoms with Crippen molar-refractivity contribution in [2.75, 3.05) is 31.5 Å². The van der Waals surface area contributed by atoms with Crippen molar-refractivity contribution in [3.63, 3.8) is 0 Å². The molecule has 0 aromatic heterocycles. The maximum atomic E-state index is 12.4. The summed E-state index contributed by atoms with van der Waals surface area (Å²) in [6.45, 7) is 9.93. The molecule has 1 aromatic rings. The third-order valence-corrected chi connectivity index (χ3v) is 4.35. The van der Waals surface area contributed by atoms with E-state index in [-0.39, 0.29) is 29.8 Å². The molecule has 3 amide bonds. The average Bonchev–Trinajstić information content (AvgIpc) is 2.52. The summed E-state index contributed by atoms with van der Waals surface area (Å²) >= 11 is 0. The zero-order chi connectivity index (χ0) is 17.9. The van der Waals surface area contributed by atoms with Crippen molar-refractivity contribution in [2.24, 2.45) is 11.1 Å². The molecule has 3 N–H and O–H groups in total. The van der Waals surface area contributed by atoms with Gasteiger partial charge in [-0.1, -0.05) is 32.9 Å². The van der Waals surface area contributed by atoms with Gasteiger partial charge in [-0.15, -0.1) is 12.4 Å². The highest BCUT2D eigenvalue weighted by Gasteiger charge is 2.33. The Hall–Kier alpha value is -1.79. The predicted octanol–water partition coefficient (Wildman–Crippen LogP) is 2.47. The normalized spacial score (nSPS) is 16.0. The Morgan fingerprint density at radius 2 is 1.68 bits per heavy atom. The number of aryl methyl sites for hydroxylation is 1. The van der Waals surface area contributed by atoms with Gasteiger partial charge >= 0.3 is 6.03 Å². The van der Waals surface area contributed by atoms with E-state index in [2.05, 4.69) is 5.32 Å². The van der Waals surface area contributed by atoms with Crippen LogP contribution in [0.25, 0.3) is 0 Å². The second-order valence-corrected chi connectivity index (χ2v) is 7.46. The topological polar surface area (TPSA) is 78.7 Å². The first kappa shape index (κ1) is 21.3. The van der Waals surface area contributed by atoms with Gasteiger partial charge in [0.15, 0.2) is 0 Å². The number of urea groups is 1. The Balaban J connectivity index is 0.00000312. The van der Waals surface area contributed by atoms with Gasteiger partial charge in [0.05, 0.1) is 6.04 Å². The van der Waals surface area contributed by atoms with Crippen LogP contribution < -0.4 is 11.1 Å². The quantitative estimate of drug-likeness (QED) is 0.841. The number of hydrogen-bond acceptors (Lipinski definition) is 3. The standard InChI is InChI=1S/C18H28N4O2.ClH/c1-13-6-5-7-14(12-13)20-17(24)22-10-8-21(9-11-22)16(23)15(19)18(2,3)4;/h5-7,12,15H,8-11,19H2,1-4H3,(H,20,24);1H/t15-;/m1./s1. The second-order valence-electron chi connectivity index (χ2n) is 7.46. The van der Waals surface area contributed by atoms with E-state index in [1.807, 2.05) is 52.0 Å². The van der Waals surface area contributed by atoms with Gasteiger partial charge in [0.2, 0.25) is 5.91 Å². The summed E-state index contributed by atoms with van der Waals surface area (Å²) < 4.78 is 0. The number of rotatable bonds is 2. The molecule has 0 bridgehead atoms. The number of benzene rings is 1. The van der Waals surface area contributed by atoms with E-state index in [4.69, 9.17) is 5.73 Å². The minimum atomic E-state index is -0.523. The van der Waals surface area contributed by atoms with Gasteiger partial charge in [0, 0.05) is 31.9 Å². The van der Waals surface area contributed by atoms with Crippen LogP contribution in [0.2, 0.25) is 0 Å². The molecule has 1 aliphatic rings.